The molecular formula is C18H21N3. The van der Waals surface area contributed by atoms with Crippen LogP contribution in [0.25, 0.3) is 11.0 Å². The summed E-state index contributed by atoms with van der Waals surface area (Å²) in [4.78, 5) is 7.73. The number of hydrogen-bond acceptors (Lipinski definition) is 2. The van der Waals surface area contributed by atoms with Gasteiger partial charge in [-0.05, 0) is 36.6 Å². The Morgan fingerprint density at radius 2 is 1.81 bits per heavy atom. The molecule has 0 aliphatic heterocycles. The monoisotopic (exact) mass is 279 g/mol. The second kappa shape index (κ2) is 5.60. The van der Waals surface area contributed by atoms with E-state index in [9.17, 15) is 0 Å². The summed E-state index contributed by atoms with van der Waals surface area (Å²) in [5.74, 6) is 1.46. The van der Waals surface area contributed by atoms with Gasteiger partial charge in [-0.1, -0.05) is 44.2 Å². The van der Waals surface area contributed by atoms with Crippen molar-refractivity contribution >= 4 is 16.7 Å². The van der Waals surface area contributed by atoms with E-state index < -0.39 is 0 Å². The van der Waals surface area contributed by atoms with Gasteiger partial charge >= 0.3 is 0 Å². The molecule has 1 heterocycles. The predicted octanol–water partition coefficient (Wildman–Crippen LogP) is 4.68. The van der Waals surface area contributed by atoms with Crippen molar-refractivity contribution in [3.63, 3.8) is 0 Å². The largest absolute Gasteiger partial charge is 0.378 e. The van der Waals surface area contributed by atoms with Crippen LogP contribution < -0.4 is 5.32 Å². The molecule has 1 unspecified atom stereocenters. The summed E-state index contributed by atoms with van der Waals surface area (Å²) in [7, 11) is 0. The summed E-state index contributed by atoms with van der Waals surface area (Å²) in [6, 6.07) is 17.2. The second-order valence-corrected chi connectivity index (χ2v) is 5.83. The number of aromatic nitrogens is 2. The molecule has 3 nitrogen and oxygen atoms in total. The van der Waals surface area contributed by atoms with Crippen LogP contribution in [0.5, 0.6) is 0 Å². The van der Waals surface area contributed by atoms with Crippen LogP contribution in [-0.4, -0.2) is 9.97 Å². The number of hydrogen-bond donors (Lipinski definition) is 2. The van der Waals surface area contributed by atoms with Gasteiger partial charge in [-0.25, -0.2) is 4.98 Å². The Kier molecular flexibility index (Phi) is 3.65. The first-order chi connectivity index (χ1) is 10.1. The van der Waals surface area contributed by atoms with Crippen LogP contribution in [-0.2, 0) is 0 Å². The zero-order chi connectivity index (χ0) is 14.8. The van der Waals surface area contributed by atoms with E-state index in [4.69, 9.17) is 0 Å². The Labute approximate surface area is 125 Å². The summed E-state index contributed by atoms with van der Waals surface area (Å²) < 4.78 is 0. The Morgan fingerprint density at radius 3 is 2.52 bits per heavy atom. The molecular weight excluding hydrogens is 258 g/mol. The molecule has 0 aliphatic rings. The van der Waals surface area contributed by atoms with Gasteiger partial charge in [-0.3, -0.25) is 0 Å². The number of anilines is 1. The van der Waals surface area contributed by atoms with Gasteiger partial charge < -0.3 is 10.3 Å². The van der Waals surface area contributed by atoms with Crippen molar-refractivity contribution in [2.24, 2.45) is 5.92 Å². The molecule has 0 amide bonds. The quantitative estimate of drug-likeness (QED) is 0.728. The zero-order valence-electron chi connectivity index (χ0n) is 12.7. The lowest BCUT2D eigenvalue weighted by Crippen LogP contribution is -2.16. The molecule has 3 aromatic rings. The number of aryl methyl sites for hydroxylation is 1. The number of rotatable bonds is 4. The van der Waals surface area contributed by atoms with E-state index in [-0.39, 0.29) is 0 Å². The highest BCUT2D eigenvalue weighted by Gasteiger charge is 2.15. The van der Waals surface area contributed by atoms with E-state index in [1.165, 1.54) is 5.56 Å². The minimum Gasteiger partial charge on any atom is -0.378 e. The van der Waals surface area contributed by atoms with Crippen molar-refractivity contribution in [3.05, 3.63) is 59.9 Å². The molecule has 0 saturated heterocycles. The lowest BCUT2D eigenvalue weighted by molar-refractivity contribution is 0.546. The van der Waals surface area contributed by atoms with Crippen LogP contribution in [0.2, 0.25) is 0 Å². The zero-order valence-corrected chi connectivity index (χ0v) is 12.7. The summed E-state index contributed by atoms with van der Waals surface area (Å²) in [6.07, 6.45) is 0. The summed E-state index contributed by atoms with van der Waals surface area (Å²) >= 11 is 0. The number of nitrogens with zero attached hydrogens (tertiary/aromatic N) is 1. The minimum atomic E-state index is 0.299. The SMILES string of the molecule is Cc1nc2ccc(NC(c3ccccc3)C(C)C)cc2[nH]1. The molecule has 0 bridgehead atoms. The lowest BCUT2D eigenvalue weighted by atomic mass is 9.96. The van der Waals surface area contributed by atoms with Gasteiger partial charge in [0.2, 0.25) is 0 Å². The predicted molar refractivity (Wildman–Crippen MR) is 88.5 cm³/mol. The highest BCUT2D eigenvalue weighted by atomic mass is 14.9. The van der Waals surface area contributed by atoms with Crippen LogP contribution >= 0.6 is 0 Å². The average molecular weight is 279 g/mol. The van der Waals surface area contributed by atoms with Crippen LogP contribution in [0, 0.1) is 12.8 Å². The van der Waals surface area contributed by atoms with E-state index in [0.29, 0.717) is 12.0 Å². The van der Waals surface area contributed by atoms with Crippen molar-refractivity contribution in [2.75, 3.05) is 5.32 Å². The van der Waals surface area contributed by atoms with Gasteiger partial charge in [0.1, 0.15) is 5.82 Å². The van der Waals surface area contributed by atoms with Gasteiger partial charge in [0, 0.05) is 5.69 Å². The number of imidazole rings is 1. The third kappa shape index (κ3) is 2.92. The van der Waals surface area contributed by atoms with Gasteiger partial charge in [-0.2, -0.15) is 0 Å². The number of nitrogens with one attached hydrogen (secondary N) is 2. The number of H-pyrrole nitrogens is 1. The van der Waals surface area contributed by atoms with E-state index >= 15 is 0 Å². The van der Waals surface area contributed by atoms with E-state index in [1.807, 2.05) is 6.92 Å². The second-order valence-electron chi connectivity index (χ2n) is 5.83. The molecule has 0 radical (unpaired) electrons. The lowest BCUT2D eigenvalue weighted by Gasteiger charge is -2.24. The maximum absolute atomic E-state index is 4.44. The molecule has 3 rings (SSSR count). The highest BCUT2D eigenvalue weighted by Crippen LogP contribution is 2.27. The normalized spacial score (nSPS) is 12.8. The fraction of sp³-hybridized carbons (Fsp3) is 0.278. The Bertz CT molecular complexity index is 729. The standard InChI is InChI=1S/C18H21N3/c1-12(2)18(14-7-5-4-6-8-14)21-15-9-10-16-17(11-15)20-13(3)19-16/h4-12,18,21H,1-3H3,(H,19,20). The summed E-state index contributed by atoms with van der Waals surface area (Å²) in [5, 5.41) is 3.65. The van der Waals surface area contributed by atoms with Gasteiger partial charge in [-0.15, -0.1) is 0 Å². The van der Waals surface area contributed by atoms with E-state index in [0.717, 1.165) is 22.5 Å². The summed E-state index contributed by atoms with van der Waals surface area (Å²) in [5.41, 5.74) is 4.52. The maximum Gasteiger partial charge on any atom is 0.104 e. The molecule has 21 heavy (non-hydrogen) atoms. The highest BCUT2D eigenvalue weighted by molar-refractivity contribution is 5.79. The first-order valence-electron chi connectivity index (χ1n) is 7.41. The third-order valence-corrected chi connectivity index (χ3v) is 3.75. The topological polar surface area (TPSA) is 40.7 Å². The average Bonchev–Trinajstić information content (AvgIpc) is 2.84. The van der Waals surface area contributed by atoms with Gasteiger partial charge in [0.25, 0.3) is 0 Å². The molecule has 2 N–H and O–H groups in total. The molecule has 1 aromatic heterocycles. The Balaban J connectivity index is 1.90. The number of benzene rings is 2. The summed E-state index contributed by atoms with van der Waals surface area (Å²) in [6.45, 7) is 6.46. The van der Waals surface area contributed by atoms with Crippen molar-refractivity contribution in [3.8, 4) is 0 Å². The molecule has 3 heteroatoms. The fourth-order valence-electron chi connectivity index (χ4n) is 2.70. The van der Waals surface area contributed by atoms with E-state index in [1.54, 1.807) is 0 Å². The first kappa shape index (κ1) is 13.7. The van der Waals surface area contributed by atoms with Crippen molar-refractivity contribution < 1.29 is 0 Å². The molecule has 1 atom stereocenters. The van der Waals surface area contributed by atoms with Crippen LogP contribution in [0.1, 0.15) is 31.3 Å². The molecule has 0 spiro atoms. The van der Waals surface area contributed by atoms with Crippen molar-refractivity contribution in [1.82, 2.24) is 9.97 Å². The van der Waals surface area contributed by atoms with Crippen molar-refractivity contribution in [2.45, 2.75) is 26.8 Å². The molecule has 0 saturated carbocycles. The molecule has 0 aliphatic carbocycles. The number of aromatic amines is 1. The minimum absolute atomic E-state index is 0.299. The molecule has 108 valence electrons. The fourth-order valence-corrected chi connectivity index (χ4v) is 2.70. The van der Waals surface area contributed by atoms with Crippen molar-refractivity contribution in [1.29, 1.82) is 0 Å². The Hall–Kier alpha value is -2.29. The van der Waals surface area contributed by atoms with Crippen LogP contribution in [0.3, 0.4) is 0 Å². The first-order valence-corrected chi connectivity index (χ1v) is 7.41. The van der Waals surface area contributed by atoms with Crippen LogP contribution in [0.4, 0.5) is 5.69 Å². The van der Waals surface area contributed by atoms with E-state index in [2.05, 4.69) is 77.7 Å². The Morgan fingerprint density at radius 1 is 1.05 bits per heavy atom. The molecule has 2 aromatic carbocycles. The molecule has 0 fully saturated rings. The third-order valence-electron chi connectivity index (χ3n) is 3.75. The van der Waals surface area contributed by atoms with Gasteiger partial charge in [0.05, 0.1) is 17.1 Å². The maximum atomic E-state index is 4.44. The number of fused-ring (bicyclic) bond motifs is 1. The van der Waals surface area contributed by atoms with Crippen LogP contribution in [0.15, 0.2) is 48.5 Å². The smallest absolute Gasteiger partial charge is 0.104 e. The van der Waals surface area contributed by atoms with Gasteiger partial charge in [0.15, 0.2) is 0 Å².